The van der Waals surface area contributed by atoms with Gasteiger partial charge in [0.25, 0.3) is 0 Å². The Hall–Kier alpha value is -1.10. The van der Waals surface area contributed by atoms with Crippen LogP contribution in [-0.4, -0.2) is 16.3 Å². The lowest BCUT2D eigenvalue weighted by Crippen LogP contribution is -2.46. The summed E-state index contributed by atoms with van der Waals surface area (Å²) in [6, 6.07) is -0.814. The molecule has 3 N–H and O–H groups in total. The number of allylic oxidation sites excluding steroid dienone is 4. The van der Waals surface area contributed by atoms with Gasteiger partial charge in [0, 0.05) is 0 Å². The molecule has 0 aromatic rings. The Bertz CT molecular complexity index is 497. The van der Waals surface area contributed by atoms with Crippen molar-refractivity contribution in [1.29, 1.82) is 0 Å². The molecule has 0 heterocycles. The lowest BCUT2D eigenvalue weighted by Gasteiger charge is -2.21. The Morgan fingerprint density at radius 2 is 1.86 bits per heavy atom. The monoisotopic (exact) mass is 368 g/mol. The minimum atomic E-state index is -0.814. The number of carbonyl (C=O) groups excluding carboxylic acids is 2. The van der Waals surface area contributed by atoms with Crippen LogP contribution < -0.4 is 11.1 Å². The molecule has 4 unspecified atom stereocenters. The molecule has 0 aromatic carbocycles. The number of alkyl halides is 1. The second kappa shape index (κ2) is 6.99. The summed E-state index contributed by atoms with van der Waals surface area (Å²) in [4.78, 5) is 21.6. The largest absolute Gasteiger partial charge is 0.351 e. The molecular formula is C17H25BrN2O2. The zero-order valence-electron chi connectivity index (χ0n) is 13.2. The SMILES string of the molecule is C1=CC2C3C=CC(C3)C2C1.CCC(Br)(CC)C(=O)NC(N)=O. The molecule has 0 aliphatic heterocycles. The molecule has 5 heteroatoms. The molecule has 122 valence electrons. The minimum Gasteiger partial charge on any atom is -0.351 e. The maximum absolute atomic E-state index is 11.3. The Labute approximate surface area is 140 Å². The number of amides is 3. The Kier molecular flexibility index (Phi) is 5.48. The minimum absolute atomic E-state index is 0.375. The first-order valence-electron chi connectivity index (χ1n) is 8.06. The summed E-state index contributed by atoms with van der Waals surface area (Å²) >= 11 is 3.26. The van der Waals surface area contributed by atoms with Crippen molar-refractivity contribution in [2.45, 2.75) is 43.9 Å². The highest BCUT2D eigenvalue weighted by molar-refractivity contribution is 9.10. The summed E-state index contributed by atoms with van der Waals surface area (Å²) in [6.45, 7) is 3.72. The van der Waals surface area contributed by atoms with Crippen LogP contribution in [0.15, 0.2) is 24.3 Å². The summed E-state index contributed by atoms with van der Waals surface area (Å²) in [5.41, 5.74) is 4.81. The molecule has 4 atom stereocenters. The highest BCUT2D eigenvalue weighted by Gasteiger charge is 2.44. The number of nitrogens with two attached hydrogens (primary N) is 1. The van der Waals surface area contributed by atoms with Crippen LogP contribution in [0.4, 0.5) is 4.79 Å². The smallest absolute Gasteiger partial charge is 0.318 e. The number of carbonyl (C=O) groups is 2. The van der Waals surface area contributed by atoms with Gasteiger partial charge in [-0.05, 0) is 49.4 Å². The molecule has 3 amide bonds. The number of nitrogens with one attached hydrogen (secondary N) is 1. The lowest BCUT2D eigenvalue weighted by atomic mass is 9.86. The highest BCUT2D eigenvalue weighted by Crippen LogP contribution is 2.52. The van der Waals surface area contributed by atoms with E-state index in [4.69, 9.17) is 5.73 Å². The summed E-state index contributed by atoms with van der Waals surface area (Å²) < 4.78 is -0.665. The topological polar surface area (TPSA) is 72.2 Å². The standard InChI is InChI=1S/C10H12.C7H13BrN2O2/c1-2-9-7-4-5-8(6-7)10(9)3-1;1-3-7(8,4-2)5(11)10-6(9)12/h1-2,4-5,7-10H,3,6H2;3-4H2,1-2H3,(H3,9,10,11,12). The molecule has 3 aliphatic rings. The van der Waals surface area contributed by atoms with Gasteiger partial charge in [0.2, 0.25) is 5.91 Å². The van der Waals surface area contributed by atoms with Gasteiger partial charge in [0.15, 0.2) is 0 Å². The fourth-order valence-corrected chi connectivity index (χ4v) is 3.87. The molecule has 1 saturated carbocycles. The van der Waals surface area contributed by atoms with Crippen LogP contribution in [-0.2, 0) is 4.79 Å². The molecule has 0 saturated heterocycles. The Morgan fingerprint density at radius 3 is 2.41 bits per heavy atom. The van der Waals surface area contributed by atoms with Crippen LogP contribution in [0.2, 0.25) is 0 Å². The Morgan fingerprint density at radius 1 is 1.23 bits per heavy atom. The van der Waals surface area contributed by atoms with E-state index in [2.05, 4.69) is 40.2 Å². The number of imide groups is 1. The molecule has 1 fully saturated rings. The number of rotatable bonds is 3. The molecule has 3 rings (SSSR count). The molecule has 0 spiro atoms. The average Bonchev–Trinajstić information content (AvgIpc) is 3.19. The number of fused-ring (bicyclic) bond motifs is 5. The van der Waals surface area contributed by atoms with E-state index >= 15 is 0 Å². The fraction of sp³-hybridized carbons (Fsp3) is 0.647. The normalized spacial score (nSPS) is 30.7. The summed E-state index contributed by atoms with van der Waals surface area (Å²) in [6.07, 6.45) is 13.7. The van der Waals surface area contributed by atoms with E-state index in [1.54, 1.807) is 0 Å². The predicted molar refractivity (Wildman–Crippen MR) is 91.4 cm³/mol. The molecule has 3 aliphatic carbocycles. The van der Waals surface area contributed by atoms with E-state index in [0.717, 1.165) is 23.7 Å². The van der Waals surface area contributed by atoms with Crippen LogP contribution in [0.1, 0.15) is 39.5 Å². The number of halogens is 1. The van der Waals surface area contributed by atoms with E-state index < -0.39 is 10.4 Å². The van der Waals surface area contributed by atoms with Gasteiger partial charge in [0.1, 0.15) is 4.32 Å². The third kappa shape index (κ3) is 3.45. The van der Waals surface area contributed by atoms with E-state index in [1.165, 1.54) is 12.8 Å². The molecular weight excluding hydrogens is 344 g/mol. The fourth-order valence-electron chi connectivity index (χ4n) is 3.77. The van der Waals surface area contributed by atoms with E-state index in [-0.39, 0.29) is 5.91 Å². The van der Waals surface area contributed by atoms with Gasteiger partial charge in [0.05, 0.1) is 0 Å². The van der Waals surface area contributed by atoms with E-state index in [1.807, 2.05) is 19.2 Å². The maximum Gasteiger partial charge on any atom is 0.318 e. The third-order valence-electron chi connectivity index (χ3n) is 5.22. The van der Waals surface area contributed by atoms with Crippen LogP contribution in [0, 0.1) is 23.7 Å². The maximum atomic E-state index is 11.3. The van der Waals surface area contributed by atoms with Gasteiger partial charge in [-0.25, -0.2) is 4.79 Å². The molecule has 2 bridgehead atoms. The molecule has 4 nitrogen and oxygen atoms in total. The summed E-state index contributed by atoms with van der Waals surface area (Å²) in [5.74, 6) is 3.45. The zero-order valence-corrected chi connectivity index (χ0v) is 14.8. The van der Waals surface area contributed by atoms with Crippen molar-refractivity contribution in [2.75, 3.05) is 0 Å². The van der Waals surface area contributed by atoms with E-state index in [0.29, 0.717) is 12.8 Å². The predicted octanol–water partition coefficient (Wildman–Crippen LogP) is 3.52. The molecule has 0 aromatic heterocycles. The van der Waals surface area contributed by atoms with Crippen LogP contribution >= 0.6 is 15.9 Å². The highest BCUT2D eigenvalue weighted by atomic mass is 79.9. The molecule has 0 radical (unpaired) electrons. The van der Waals surface area contributed by atoms with Crippen molar-refractivity contribution in [1.82, 2.24) is 5.32 Å². The van der Waals surface area contributed by atoms with E-state index in [9.17, 15) is 9.59 Å². The summed E-state index contributed by atoms with van der Waals surface area (Å²) in [5, 5.41) is 2.04. The first-order valence-corrected chi connectivity index (χ1v) is 8.85. The first kappa shape index (κ1) is 17.3. The van der Waals surface area contributed by atoms with Gasteiger partial charge in [-0.3, -0.25) is 10.1 Å². The zero-order chi connectivity index (χ0) is 16.3. The summed E-state index contributed by atoms with van der Waals surface area (Å²) in [7, 11) is 0. The van der Waals surface area contributed by atoms with Crippen molar-refractivity contribution < 1.29 is 9.59 Å². The number of hydrogen-bond donors (Lipinski definition) is 2. The van der Waals surface area contributed by atoms with Crippen molar-refractivity contribution in [3.05, 3.63) is 24.3 Å². The van der Waals surface area contributed by atoms with Gasteiger partial charge in [-0.2, -0.15) is 0 Å². The quantitative estimate of drug-likeness (QED) is 0.590. The van der Waals surface area contributed by atoms with Crippen LogP contribution in [0.3, 0.4) is 0 Å². The number of hydrogen-bond acceptors (Lipinski definition) is 2. The Balaban J connectivity index is 0.000000161. The number of urea groups is 1. The van der Waals surface area contributed by atoms with Crippen LogP contribution in [0.25, 0.3) is 0 Å². The van der Waals surface area contributed by atoms with Gasteiger partial charge in [-0.15, -0.1) is 0 Å². The van der Waals surface area contributed by atoms with Crippen molar-refractivity contribution in [3.8, 4) is 0 Å². The lowest BCUT2D eigenvalue weighted by molar-refractivity contribution is -0.122. The van der Waals surface area contributed by atoms with Gasteiger partial charge >= 0.3 is 6.03 Å². The second-order valence-corrected chi connectivity index (χ2v) is 7.86. The van der Waals surface area contributed by atoms with Crippen molar-refractivity contribution in [2.24, 2.45) is 29.4 Å². The average molecular weight is 369 g/mol. The van der Waals surface area contributed by atoms with Gasteiger partial charge in [-0.1, -0.05) is 54.1 Å². The number of primary amides is 1. The second-order valence-electron chi connectivity index (χ2n) is 6.34. The van der Waals surface area contributed by atoms with Crippen molar-refractivity contribution in [3.63, 3.8) is 0 Å². The van der Waals surface area contributed by atoms with Crippen LogP contribution in [0.5, 0.6) is 0 Å². The van der Waals surface area contributed by atoms with Crippen molar-refractivity contribution >= 4 is 27.9 Å². The third-order valence-corrected chi connectivity index (χ3v) is 6.70. The van der Waals surface area contributed by atoms with Gasteiger partial charge < -0.3 is 5.73 Å². The first-order chi connectivity index (χ1) is 10.4. The molecule has 22 heavy (non-hydrogen) atoms.